The molecule has 100 valence electrons. The number of hydrogen-bond donors (Lipinski definition) is 2. The largest absolute Gasteiger partial charge is 0.377 e. The molecule has 0 radical (unpaired) electrons. The van der Waals surface area contributed by atoms with E-state index in [2.05, 4.69) is 15.4 Å². The van der Waals surface area contributed by atoms with Crippen molar-refractivity contribution in [2.24, 2.45) is 5.84 Å². The molecule has 0 amide bonds. The second-order valence-corrected chi connectivity index (χ2v) is 4.18. The molecule has 1 atom stereocenters. The summed E-state index contributed by atoms with van der Waals surface area (Å²) in [4.78, 5) is 9.66. The van der Waals surface area contributed by atoms with Crippen molar-refractivity contribution in [3.8, 4) is 0 Å². The van der Waals surface area contributed by atoms with Gasteiger partial charge < -0.3 is 9.64 Å². The summed E-state index contributed by atoms with van der Waals surface area (Å²) < 4.78 is 19.3. The Morgan fingerprint density at radius 1 is 1.67 bits per heavy atom. The van der Waals surface area contributed by atoms with Gasteiger partial charge in [0.2, 0.25) is 5.95 Å². The minimum Gasteiger partial charge on any atom is -0.377 e. The van der Waals surface area contributed by atoms with Crippen LogP contribution in [0.2, 0.25) is 0 Å². The predicted octanol–water partition coefficient (Wildman–Crippen LogP) is 0.907. The number of halogens is 1. The molecule has 1 fully saturated rings. The van der Waals surface area contributed by atoms with E-state index in [9.17, 15) is 4.39 Å². The third kappa shape index (κ3) is 2.85. The van der Waals surface area contributed by atoms with Crippen LogP contribution < -0.4 is 16.2 Å². The fraction of sp³-hybridized carbons (Fsp3) is 0.636. The van der Waals surface area contributed by atoms with E-state index in [1.54, 1.807) is 0 Å². The standard InChI is InChI=1S/C11H18FN5O/c1-2-18-8-4-3-5-17(7-8)10-9(12)6-14-11(15-10)16-13/h6,8H,2-5,7,13H2,1H3,(H,14,15,16). The quantitative estimate of drug-likeness (QED) is 0.615. The van der Waals surface area contributed by atoms with Crippen molar-refractivity contribution >= 4 is 11.8 Å². The topological polar surface area (TPSA) is 76.3 Å². The highest BCUT2D eigenvalue weighted by molar-refractivity contribution is 5.44. The van der Waals surface area contributed by atoms with E-state index >= 15 is 0 Å². The molecule has 2 heterocycles. The van der Waals surface area contributed by atoms with E-state index < -0.39 is 5.82 Å². The maximum atomic E-state index is 13.7. The summed E-state index contributed by atoms with van der Waals surface area (Å²) in [6.45, 7) is 4.04. The van der Waals surface area contributed by atoms with Crippen LogP contribution >= 0.6 is 0 Å². The average Bonchev–Trinajstić information content (AvgIpc) is 2.40. The fourth-order valence-electron chi connectivity index (χ4n) is 2.15. The lowest BCUT2D eigenvalue weighted by Crippen LogP contribution is -2.40. The van der Waals surface area contributed by atoms with Crippen LogP contribution in [-0.4, -0.2) is 35.8 Å². The molecule has 1 aliphatic rings. The first kappa shape index (κ1) is 13.0. The van der Waals surface area contributed by atoms with E-state index in [1.807, 2.05) is 11.8 Å². The Hall–Kier alpha value is -1.47. The van der Waals surface area contributed by atoms with Gasteiger partial charge in [-0.05, 0) is 19.8 Å². The number of anilines is 2. The molecular weight excluding hydrogens is 237 g/mol. The van der Waals surface area contributed by atoms with Gasteiger partial charge >= 0.3 is 0 Å². The molecule has 1 aliphatic heterocycles. The highest BCUT2D eigenvalue weighted by Crippen LogP contribution is 2.22. The Labute approximate surface area is 105 Å². The van der Waals surface area contributed by atoms with Gasteiger partial charge in [0.25, 0.3) is 0 Å². The van der Waals surface area contributed by atoms with Gasteiger partial charge in [0.05, 0.1) is 12.3 Å². The number of ether oxygens (including phenoxy) is 1. The van der Waals surface area contributed by atoms with Gasteiger partial charge in [-0.3, -0.25) is 5.43 Å². The zero-order chi connectivity index (χ0) is 13.0. The zero-order valence-corrected chi connectivity index (χ0v) is 10.4. The molecule has 7 heteroatoms. The third-order valence-corrected chi connectivity index (χ3v) is 2.93. The van der Waals surface area contributed by atoms with E-state index in [0.717, 1.165) is 25.6 Å². The SMILES string of the molecule is CCOC1CCCN(c2nc(NN)ncc2F)C1. The monoisotopic (exact) mass is 255 g/mol. The average molecular weight is 255 g/mol. The molecule has 3 N–H and O–H groups in total. The van der Waals surface area contributed by atoms with Crippen molar-refractivity contribution < 1.29 is 9.13 Å². The molecular formula is C11H18FN5O. The minimum absolute atomic E-state index is 0.132. The van der Waals surface area contributed by atoms with E-state index in [1.165, 1.54) is 0 Å². The highest BCUT2D eigenvalue weighted by atomic mass is 19.1. The molecule has 0 bridgehead atoms. The van der Waals surface area contributed by atoms with Gasteiger partial charge in [0, 0.05) is 19.7 Å². The summed E-state index contributed by atoms with van der Waals surface area (Å²) in [6, 6.07) is 0. The van der Waals surface area contributed by atoms with E-state index in [4.69, 9.17) is 10.6 Å². The molecule has 1 saturated heterocycles. The molecule has 1 unspecified atom stereocenters. The molecule has 0 aliphatic carbocycles. The van der Waals surface area contributed by atoms with Crippen LogP contribution in [0.4, 0.5) is 16.2 Å². The minimum atomic E-state index is -0.439. The molecule has 18 heavy (non-hydrogen) atoms. The maximum Gasteiger partial charge on any atom is 0.239 e. The molecule has 0 spiro atoms. The van der Waals surface area contributed by atoms with Crippen molar-refractivity contribution in [2.45, 2.75) is 25.9 Å². The second kappa shape index (κ2) is 5.92. The van der Waals surface area contributed by atoms with Crippen LogP contribution in [0.25, 0.3) is 0 Å². The first-order chi connectivity index (χ1) is 8.74. The Bertz CT molecular complexity index is 401. The summed E-state index contributed by atoms with van der Waals surface area (Å²) in [5.41, 5.74) is 2.32. The lowest BCUT2D eigenvalue weighted by atomic mass is 10.1. The molecule has 2 rings (SSSR count). The summed E-state index contributed by atoms with van der Waals surface area (Å²) in [5, 5.41) is 0. The first-order valence-corrected chi connectivity index (χ1v) is 6.10. The number of hydrazine groups is 1. The zero-order valence-electron chi connectivity index (χ0n) is 10.4. The number of piperidine rings is 1. The number of nitrogen functional groups attached to an aromatic ring is 1. The lowest BCUT2D eigenvalue weighted by Gasteiger charge is -2.33. The smallest absolute Gasteiger partial charge is 0.239 e. The molecule has 0 saturated carbocycles. The highest BCUT2D eigenvalue weighted by Gasteiger charge is 2.23. The number of aromatic nitrogens is 2. The van der Waals surface area contributed by atoms with Gasteiger partial charge in [-0.25, -0.2) is 15.2 Å². The van der Waals surface area contributed by atoms with Crippen molar-refractivity contribution in [2.75, 3.05) is 30.0 Å². The number of nitrogens with zero attached hydrogens (tertiary/aromatic N) is 3. The summed E-state index contributed by atoms with van der Waals surface area (Å²) in [6.07, 6.45) is 3.22. The van der Waals surface area contributed by atoms with Crippen molar-refractivity contribution in [3.05, 3.63) is 12.0 Å². The number of hydrogen-bond acceptors (Lipinski definition) is 6. The normalized spacial score (nSPS) is 19.9. The predicted molar refractivity (Wildman–Crippen MR) is 66.7 cm³/mol. The molecule has 1 aromatic heterocycles. The fourth-order valence-corrected chi connectivity index (χ4v) is 2.15. The number of nitrogens with two attached hydrogens (primary N) is 1. The van der Waals surface area contributed by atoms with Gasteiger partial charge in [0.1, 0.15) is 0 Å². The van der Waals surface area contributed by atoms with Crippen LogP contribution in [0, 0.1) is 5.82 Å². The van der Waals surface area contributed by atoms with Crippen LogP contribution in [-0.2, 0) is 4.74 Å². The van der Waals surface area contributed by atoms with Gasteiger partial charge in [-0.2, -0.15) is 4.98 Å². The van der Waals surface area contributed by atoms with Crippen molar-refractivity contribution in [3.63, 3.8) is 0 Å². The Morgan fingerprint density at radius 3 is 3.22 bits per heavy atom. The van der Waals surface area contributed by atoms with Crippen molar-refractivity contribution in [1.29, 1.82) is 0 Å². The third-order valence-electron chi connectivity index (χ3n) is 2.93. The second-order valence-electron chi connectivity index (χ2n) is 4.18. The van der Waals surface area contributed by atoms with Gasteiger partial charge in [0.15, 0.2) is 11.6 Å². The Kier molecular flexibility index (Phi) is 4.27. The summed E-state index contributed by atoms with van der Waals surface area (Å²) >= 11 is 0. The molecule has 0 aromatic carbocycles. The van der Waals surface area contributed by atoms with E-state index in [-0.39, 0.29) is 17.9 Å². The van der Waals surface area contributed by atoms with Crippen LogP contribution in [0.1, 0.15) is 19.8 Å². The van der Waals surface area contributed by atoms with Gasteiger partial charge in [-0.15, -0.1) is 0 Å². The Balaban J connectivity index is 2.14. The summed E-state index contributed by atoms with van der Waals surface area (Å²) in [5.74, 6) is 5.29. The first-order valence-electron chi connectivity index (χ1n) is 6.10. The van der Waals surface area contributed by atoms with Crippen LogP contribution in [0.15, 0.2) is 6.20 Å². The lowest BCUT2D eigenvalue weighted by molar-refractivity contribution is 0.0524. The van der Waals surface area contributed by atoms with E-state index in [0.29, 0.717) is 13.2 Å². The van der Waals surface area contributed by atoms with Crippen LogP contribution in [0.3, 0.4) is 0 Å². The van der Waals surface area contributed by atoms with Gasteiger partial charge in [-0.1, -0.05) is 0 Å². The molecule has 6 nitrogen and oxygen atoms in total. The number of nitrogens with one attached hydrogen (secondary N) is 1. The molecule has 1 aromatic rings. The maximum absolute atomic E-state index is 13.7. The Morgan fingerprint density at radius 2 is 2.50 bits per heavy atom. The van der Waals surface area contributed by atoms with Crippen LogP contribution in [0.5, 0.6) is 0 Å². The summed E-state index contributed by atoms with van der Waals surface area (Å²) in [7, 11) is 0. The number of rotatable bonds is 4. The van der Waals surface area contributed by atoms with Crippen molar-refractivity contribution in [1.82, 2.24) is 9.97 Å².